The quantitative estimate of drug-likeness (QED) is 0.186. The molecule has 0 saturated carbocycles. The molecule has 11 rings (SSSR count). The van der Waals surface area contributed by atoms with E-state index in [9.17, 15) is 0 Å². The molecule has 7 aromatic carbocycles. The summed E-state index contributed by atoms with van der Waals surface area (Å²) in [4.78, 5) is 0. The highest BCUT2D eigenvalue weighted by molar-refractivity contribution is 6.14. The molecule has 0 aliphatic heterocycles. The second-order valence-electron chi connectivity index (χ2n) is 13.7. The fraction of sp³-hybridized carbons (Fsp3) is 0.0417. The number of allylic oxidation sites excluding steroid dienone is 1. The van der Waals surface area contributed by atoms with Crippen molar-refractivity contribution in [1.82, 2.24) is 9.13 Å². The van der Waals surface area contributed by atoms with Gasteiger partial charge < -0.3 is 13.6 Å². The van der Waals surface area contributed by atoms with Crippen LogP contribution in [-0.2, 0) is 6.42 Å². The summed E-state index contributed by atoms with van der Waals surface area (Å²) in [6.07, 6.45) is 5.38. The zero-order valence-corrected chi connectivity index (χ0v) is 27.8. The van der Waals surface area contributed by atoms with Crippen LogP contribution in [0.15, 0.2) is 174 Å². The maximum Gasteiger partial charge on any atom is 0.135 e. The predicted molar refractivity (Wildman–Crippen MR) is 213 cm³/mol. The van der Waals surface area contributed by atoms with Gasteiger partial charge in [0.25, 0.3) is 0 Å². The van der Waals surface area contributed by atoms with Crippen molar-refractivity contribution >= 4 is 60.7 Å². The Balaban J connectivity index is 1.16. The largest absolute Gasteiger partial charge is 0.456 e. The molecule has 51 heavy (non-hydrogen) atoms. The van der Waals surface area contributed by atoms with E-state index >= 15 is 0 Å². The summed E-state index contributed by atoms with van der Waals surface area (Å²) in [6.45, 7) is 0. The van der Waals surface area contributed by atoms with E-state index in [1.54, 1.807) is 0 Å². The van der Waals surface area contributed by atoms with Gasteiger partial charge in [-0.25, -0.2) is 0 Å². The fourth-order valence-electron chi connectivity index (χ4n) is 8.61. The zero-order valence-electron chi connectivity index (χ0n) is 27.8. The maximum atomic E-state index is 6.26. The van der Waals surface area contributed by atoms with E-state index in [0.29, 0.717) is 0 Å². The van der Waals surface area contributed by atoms with Gasteiger partial charge in [0.2, 0.25) is 0 Å². The summed E-state index contributed by atoms with van der Waals surface area (Å²) in [5, 5.41) is 6.25. The molecule has 3 heterocycles. The van der Waals surface area contributed by atoms with E-state index in [2.05, 4.69) is 179 Å². The minimum atomic E-state index is 0.149. The van der Waals surface area contributed by atoms with Gasteiger partial charge in [0.05, 0.1) is 22.6 Å². The van der Waals surface area contributed by atoms with Crippen LogP contribution in [0.3, 0.4) is 0 Å². The van der Waals surface area contributed by atoms with Crippen LogP contribution < -0.4 is 0 Å². The van der Waals surface area contributed by atoms with Crippen molar-refractivity contribution in [2.75, 3.05) is 0 Å². The number of nitrogens with zero attached hydrogens (tertiary/aromatic N) is 2. The van der Waals surface area contributed by atoms with Crippen molar-refractivity contribution in [3.63, 3.8) is 0 Å². The van der Waals surface area contributed by atoms with Crippen LogP contribution in [0.5, 0.6) is 0 Å². The molecule has 0 radical (unpaired) electrons. The number of furan rings is 1. The van der Waals surface area contributed by atoms with Crippen LogP contribution in [0.4, 0.5) is 0 Å². The average Bonchev–Trinajstić information content (AvgIpc) is 3.85. The number of hydrogen-bond acceptors (Lipinski definition) is 1. The summed E-state index contributed by atoms with van der Waals surface area (Å²) in [6, 6.07) is 59.7. The summed E-state index contributed by atoms with van der Waals surface area (Å²) < 4.78 is 11.2. The van der Waals surface area contributed by atoms with Crippen LogP contribution >= 0.6 is 0 Å². The van der Waals surface area contributed by atoms with E-state index in [1.807, 2.05) is 6.07 Å². The lowest BCUT2D eigenvalue weighted by Gasteiger charge is -2.22. The van der Waals surface area contributed by atoms with Crippen molar-refractivity contribution in [2.45, 2.75) is 12.5 Å². The Morgan fingerprint density at radius 1 is 0.471 bits per heavy atom. The lowest BCUT2D eigenvalue weighted by atomic mass is 9.91. The molecule has 3 nitrogen and oxygen atoms in total. The zero-order chi connectivity index (χ0) is 33.5. The molecular formula is C48H32N2O. The Hall–Kier alpha value is -6.58. The van der Waals surface area contributed by atoms with E-state index in [1.165, 1.54) is 82.5 Å². The van der Waals surface area contributed by atoms with Crippen molar-refractivity contribution in [2.24, 2.45) is 0 Å². The standard InChI is InChI=1S/C48H32N2O/c1-3-13-31(14-4-1)39-30-46-41(36-18-8-11-21-44(36)50(46)34-24-26-48-42(28-34)37-19-9-12-22-47(37)51-48)29-38(39)32-23-25-45-40(27-32)35-17-7-10-20-43(35)49(45)33-15-5-2-6-16-33/h1-27,29-30,34H,28H2. The average molecular weight is 653 g/mol. The highest BCUT2D eigenvalue weighted by Crippen LogP contribution is 2.44. The SMILES string of the molecule is C1=CC(n2c3ccccc3c3cc(-c4ccc5c(c4)c4ccccc4n5-c4ccccc4)c(-c4ccccc4)cc32)Cc2c1oc1ccccc21. The van der Waals surface area contributed by atoms with Gasteiger partial charge in [-0.15, -0.1) is 0 Å². The van der Waals surface area contributed by atoms with Gasteiger partial charge in [-0.2, -0.15) is 0 Å². The van der Waals surface area contributed by atoms with E-state index in [4.69, 9.17) is 4.42 Å². The molecule has 0 saturated heterocycles. The Bertz CT molecular complexity index is 2990. The van der Waals surface area contributed by atoms with Crippen LogP contribution in [0.25, 0.3) is 88.6 Å². The second-order valence-corrected chi connectivity index (χ2v) is 13.7. The van der Waals surface area contributed by atoms with Crippen molar-refractivity contribution in [1.29, 1.82) is 0 Å². The van der Waals surface area contributed by atoms with Crippen molar-refractivity contribution in [3.05, 3.63) is 181 Å². The third kappa shape index (κ3) is 4.25. The number of benzene rings is 7. The van der Waals surface area contributed by atoms with Gasteiger partial charge in [-0.05, 0) is 82.9 Å². The third-order valence-corrected chi connectivity index (χ3v) is 10.9. The number of hydrogen-bond donors (Lipinski definition) is 0. The Morgan fingerprint density at radius 3 is 1.92 bits per heavy atom. The van der Waals surface area contributed by atoms with Gasteiger partial charge in [0, 0.05) is 50.1 Å². The Morgan fingerprint density at radius 2 is 1.10 bits per heavy atom. The summed E-state index contributed by atoms with van der Waals surface area (Å²) in [7, 11) is 0. The number of rotatable bonds is 4. The molecule has 0 fully saturated rings. The highest BCUT2D eigenvalue weighted by atomic mass is 16.3. The van der Waals surface area contributed by atoms with Crippen molar-refractivity contribution in [3.8, 4) is 27.9 Å². The molecule has 240 valence electrons. The maximum absolute atomic E-state index is 6.26. The van der Waals surface area contributed by atoms with Crippen LogP contribution in [-0.4, -0.2) is 9.13 Å². The number of para-hydroxylation sites is 4. The summed E-state index contributed by atoms with van der Waals surface area (Å²) >= 11 is 0. The van der Waals surface area contributed by atoms with Crippen molar-refractivity contribution < 1.29 is 4.42 Å². The normalized spacial score (nSPS) is 14.3. The highest BCUT2D eigenvalue weighted by Gasteiger charge is 2.25. The topological polar surface area (TPSA) is 23.0 Å². The molecule has 3 aromatic heterocycles. The van der Waals surface area contributed by atoms with Gasteiger partial charge >= 0.3 is 0 Å². The van der Waals surface area contributed by atoms with E-state index in [0.717, 1.165) is 17.8 Å². The van der Waals surface area contributed by atoms with Crippen LogP contribution in [0.1, 0.15) is 17.4 Å². The molecule has 0 spiro atoms. The second kappa shape index (κ2) is 11.0. The number of aromatic nitrogens is 2. The predicted octanol–water partition coefficient (Wildman–Crippen LogP) is 12.8. The lowest BCUT2D eigenvalue weighted by molar-refractivity contribution is 0.572. The Kier molecular flexibility index (Phi) is 6.08. The first kappa shape index (κ1) is 28.3. The van der Waals surface area contributed by atoms with Crippen LogP contribution in [0, 0.1) is 0 Å². The molecule has 1 aliphatic carbocycles. The molecule has 0 amide bonds. The summed E-state index contributed by atoms with van der Waals surface area (Å²) in [5.74, 6) is 0.976. The molecular weight excluding hydrogens is 621 g/mol. The molecule has 1 unspecified atom stereocenters. The molecule has 0 bridgehead atoms. The van der Waals surface area contributed by atoms with Gasteiger partial charge in [0.15, 0.2) is 0 Å². The monoisotopic (exact) mass is 652 g/mol. The van der Waals surface area contributed by atoms with Gasteiger partial charge in [0.1, 0.15) is 11.3 Å². The molecule has 1 atom stereocenters. The third-order valence-electron chi connectivity index (χ3n) is 10.9. The lowest BCUT2D eigenvalue weighted by Crippen LogP contribution is -2.12. The molecule has 10 aromatic rings. The fourth-order valence-corrected chi connectivity index (χ4v) is 8.61. The van der Waals surface area contributed by atoms with Gasteiger partial charge in [-0.3, -0.25) is 0 Å². The minimum absolute atomic E-state index is 0.149. The van der Waals surface area contributed by atoms with E-state index in [-0.39, 0.29) is 6.04 Å². The first-order valence-electron chi connectivity index (χ1n) is 17.7. The van der Waals surface area contributed by atoms with Crippen LogP contribution in [0.2, 0.25) is 0 Å². The number of fused-ring (bicyclic) bond motifs is 9. The molecule has 0 N–H and O–H groups in total. The Labute approximate surface area is 294 Å². The molecule has 1 aliphatic rings. The molecule has 3 heteroatoms. The van der Waals surface area contributed by atoms with E-state index < -0.39 is 0 Å². The van der Waals surface area contributed by atoms with Gasteiger partial charge in [-0.1, -0.05) is 115 Å². The minimum Gasteiger partial charge on any atom is -0.456 e. The summed E-state index contributed by atoms with van der Waals surface area (Å²) in [5.41, 5.74) is 13.2. The first-order chi connectivity index (χ1) is 25.3. The smallest absolute Gasteiger partial charge is 0.135 e. The first-order valence-corrected chi connectivity index (χ1v) is 17.7.